The highest BCUT2D eigenvalue weighted by atomic mass is 15.2. The van der Waals surface area contributed by atoms with Gasteiger partial charge in [-0.05, 0) is 50.2 Å². The van der Waals surface area contributed by atoms with Crippen LogP contribution in [0, 0.1) is 17.3 Å². The summed E-state index contributed by atoms with van der Waals surface area (Å²) in [4.78, 5) is 2.57. The summed E-state index contributed by atoms with van der Waals surface area (Å²) >= 11 is 0. The number of hydrogen-bond donors (Lipinski definition) is 1. The molecule has 2 rings (SSSR count). The van der Waals surface area contributed by atoms with E-state index in [0.717, 1.165) is 17.9 Å². The lowest BCUT2D eigenvalue weighted by molar-refractivity contribution is -0.0402. The minimum absolute atomic E-state index is 0.569. The maximum absolute atomic E-state index is 3.55. The Balaban J connectivity index is 2.20. The molecule has 2 nitrogen and oxygen atoms in total. The smallest absolute Gasteiger partial charge is 0.0251 e. The van der Waals surface area contributed by atoms with Crippen molar-refractivity contribution in [3.63, 3.8) is 0 Å². The predicted molar refractivity (Wildman–Crippen MR) is 65.0 cm³/mol. The first-order chi connectivity index (χ1) is 7.05. The average molecular weight is 210 g/mol. The summed E-state index contributed by atoms with van der Waals surface area (Å²) in [5.74, 6) is 1.72. The van der Waals surface area contributed by atoms with Gasteiger partial charge in [-0.1, -0.05) is 20.8 Å². The molecule has 1 N–H and O–H groups in total. The molecule has 0 aromatic carbocycles. The first-order valence-corrected chi connectivity index (χ1v) is 6.46. The second-order valence-electron chi connectivity index (χ2n) is 6.06. The van der Waals surface area contributed by atoms with Crippen LogP contribution in [-0.4, -0.2) is 37.6 Å². The van der Waals surface area contributed by atoms with Gasteiger partial charge in [0.15, 0.2) is 0 Å². The van der Waals surface area contributed by atoms with Gasteiger partial charge >= 0.3 is 0 Å². The van der Waals surface area contributed by atoms with Gasteiger partial charge in [-0.2, -0.15) is 0 Å². The summed E-state index contributed by atoms with van der Waals surface area (Å²) in [6.45, 7) is 11.0. The first-order valence-electron chi connectivity index (χ1n) is 6.46. The first kappa shape index (κ1) is 11.4. The lowest BCUT2D eigenvalue weighted by Crippen LogP contribution is -2.60. The van der Waals surface area contributed by atoms with E-state index in [4.69, 9.17) is 0 Å². The zero-order valence-corrected chi connectivity index (χ0v) is 10.7. The molecule has 2 heteroatoms. The third-order valence-corrected chi connectivity index (χ3v) is 5.19. The molecule has 2 fully saturated rings. The second-order valence-corrected chi connectivity index (χ2v) is 6.06. The zero-order chi connectivity index (χ0) is 11.1. The Hall–Kier alpha value is -0.0800. The van der Waals surface area contributed by atoms with E-state index in [2.05, 4.69) is 38.0 Å². The molecule has 0 aromatic heterocycles. The molecule has 0 spiro atoms. The van der Waals surface area contributed by atoms with Crippen molar-refractivity contribution in [2.45, 2.75) is 39.7 Å². The standard InChI is InChI=1S/C13H26N2/c1-10(2)13(3)6-8-15(4)12-9-14-7-5-11(12)13/h10-12,14H,5-9H2,1-4H3. The predicted octanol–water partition coefficient (Wildman–Crippen LogP) is 1.96. The highest BCUT2D eigenvalue weighted by molar-refractivity contribution is 4.99. The molecule has 3 unspecified atom stereocenters. The molecule has 15 heavy (non-hydrogen) atoms. The van der Waals surface area contributed by atoms with Crippen molar-refractivity contribution in [1.29, 1.82) is 0 Å². The fraction of sp³-hybridized carbons (Fsp3) is 1.00. The van der Waals surface area contributed by atoms with Crippen molar-refractivity contribution in [3.8, 4) is 0 Å². The van der Waals surface area contributed by atoms with E-state index in [1.165, 1.54) is 32.5 Å². The molecule has 3 atom stereocenters. The van der Waals surface area contributed by atoms with Crippen molar-refractivity contribution in [2.24, 2.45) is 17.3 Å². The topological polar surface area (TPSA) is 15.3 Å². The summed E-state index contributed by atoms with van der Waals surface area (Å²) in [6.07, 6.45) is 2.74. The number of hydrogen-bond acceptors (Lipinski definition) is 2. The Kier molecular flexibility index (Phi) is 3.09. The monoisotopic (exact) mass is 210 g/mol. The van der Waals surface area contributed by atoms with Gasteiger partial charge < -0.3 is 10.2 Å². The molecule has 0 radical (unpaired) electrons. The number of likely N-dealkylation sites (tertiary alicyclic amines) is 1. The van der Waals surface area contributed by atoms with Crippen LogP contribution in [0.1, 0.15) is 33.6 Å². The summed E-state index contributed by atoms with van der Waals surface area (Å²) in [6, 6.07) is 0.778. The Morgan fingerprint density at radius 1 is 1.40 bits per heavy atom. The van der Waals surface area contributed by atoms with Crippen LogP contribution in [0.15, 0.2) is 0 Å². The molecule has 0 saturated carbocycles. The minimum atomic E-state index is 0.569. The molecule has 88 valence electrons. The van der Waals surface area contributed by atoms with Crippen LogP contribution in [0.3, 0.4) is 0 Å². The lowest BCUT2D eigenvalue weighted by atomic mass is 9.60. The van der Waals surface area contributed by atoms with Gasteiger partial charge in [0.1, 0.15) is 0 Å². The molecule has 0 aliphatic carbocycles. The average Bonchev–Trinajstić information content (AvgIpc) is 2.24. The fourth-order valence-electron chi connectivity index (χ4n) is 3.56. The molecule has 2 aliphatic heterocycles. The van der Waals surface area contributed by atoms with Crippen molar-refractivity contribution >= 4 is 0 Å². The number of nitrogens with one attached hydrogen (secondary N) is 1. The van der Waals surface area contributed by atoms with Gasteiger partial charge in [0, 0.05) is 12.6 Å². The van der Waals surface area contributed by atoms with Crippen LogP contribution in [0.4, 0.5) is 0 Å². The van der Waals surface area contributed by atoms with Gasteiger partial charge in [-0.15, -0.1) is 0 Å². The number of fused-ring (bicyclic) bond motifs is 1. The van der Waals surface area contributed by atoms with E-state index in [9.17, 15) is 0 Å². The number of likely N-dealkylation sites (N-methyl/N-ethyl adjacent to an activating group) is 1. The molecule has 2 saturated heterocycles. The van der Waals surface area contributed by atoms with E-state index in [-0.39, 0.29) is 0 Å². The number of rotatable bonds is 1. The van der Waals surface area contributed by atoms with Crippen LogP contribution in [0.5, 0.6) is 0 Å². The highest BCUT2D eigenvalue weighted by Crippen LogP contribution is 2.47. The molecule has 0 aromatic rings. The highest BCUT2D eigenvalue weighted by Gasteiger charge is 2.46. The summed E-state index contributed by atoms with van der Waals surface area (Å²) < 4.78 is 0. The molecule has 2 heterocycles. The van der Waals surface area contributed by atoms with Gasteiger partial charge in [0.25, 0.3) is 0 Å². The molecular weight excluding hydrogens is 184 g/mol. The van der Waals surface area contributed by atoms with Crippen LogP contribution in [0.2, 0.25) is 0 Å². The Labute approximate surface area is 94.4 Å². The summed E-state index contributed by atoms with van der Waals surface area (Å²) in [5, 5.41) is 3.55. The second kappa shape index (κ2) is 4.06. The zero-order valence-electron chi connectivity index (χ0n) is 10.7. The van der Waals surface area contributed by atoms with Crippen LogP contribution in [0.25, 0.3) is 0 Å². The van der Waals surface area contributed by atoms with E-state index in [0.29, 0.717) is 5.41 Å². The van der Waals surface area contributed by atoms with Gasteiger partial charge in [-0.25, -0.2) is 0 Å². The van der Waals surface area contributed by atoms with E-state index >= 15 is 0 Å². The van der Waals surface area contributed by atoms with Crippen molar-refractivity contribution in [2.75, 3.05) is 26.7 Å². The lowest BCUT2D eigenvalue weighted by Gasteiger charge is -2.54. The van der Waals surface area contributed by atoms with Crippen LogP contribution >= 0.6 is 0 Å². The Bertz CT molecular complexity index is 227. The van der Waals surface area contributed by atoms with Gasteiger partial charge in [-0.3, -0.25) is 0 Å². The quantitative estimate of drug-likeness (QED) is 0.712. The van der Waals surface area contributed by atoms with Crippen molar-refractivity contribution < 1.29 is 0 Å². The third-order valence-electron chi connectivity index (χ3n) is 5.19. The van der Waals surface area contributed by atoms with Crippen LogP contribution < -0.4 is 5.32 Å². The molecular formula is C13H26N2. The van der Waals surface area contributed by atoms with E-state index < -0.39 is 0 Å². The SMILES string of the molecule is CC(C)C1(C)CCN(C)C2CNCCC21. The molecule has 0 bridgehead atoms. The van der Waals surface area contributed by atoms with Gasteiger partial charge in [0.2, 0.25) is 0 Å². The largest absolute Gasteiger partial charge is 0.315 e. The number of piperidine rings is 2. The molecule has 2 aliphatic rings. The van der Waals surface area contributed by atoms with E-state index in [1.54, 1.807) is 0 Å². The molecule has 0 amide bonds. The normalized spacial score (nSPS) is 43.0. The fourth-order valence-corrected chi connectivity index (χ4v) is 3.56. The maximum Gasteiger partial charge on any atom is 0.0251 e. The number of nitrogens with zero attached hydrogens (tertiary/aromatic N) is 1. The van der Waals surface area contributed by atoms with E-state index in [1.807, 2.05) is 0 Å². The maximum atomic E-state index is 3.55. The Morgan fingerprint density at radius 3 is 2.80 bits per heavy atom. The van der Waals surface area contributed by atoms with Crippen molar-refractivity contribution in [3.05, 3.63) is 0 Å². The third kappa shape index (κ3) is 1.83. The van der Waals surface area contributed by atoms with Crippen molar-refractivity contribution in [1.82, 2.24) is 10.2 Å². The van der Waals surface area contributed by atoms with Crippen LogP contribution in [-0.2, 0) is 0 Å². The Morgan fingerprint density at radius 2 is 2.13 bits per heavy atom. The summed E-state index contributed by atoms with van der Waals surface area (Å²) in [7, 11) is 2.30. The van der Waals surface area contributed by atoms with Gasteiger partial charge in [0.05, 0.1) is 0 Å². The minimum Gasteiger partial charge on any atom is -0.315 e. The summed E-state index contributed by atoms with van der Waals surface area (Å²) in [5.41, 5.74) is 0.569.